The van der Waals surface area contributed by atoms with Gasteiger partial charge in [-0.25, -0.2) is 0 Å². The molecule has 0 saturated carbocycles. The van der Waals surface area contributed by atoms with Crippen LogP contribution in [0.3, 0.4) is 0 Å². The minimum absolute atomic E-state index is 0.321. The molecular weight excluding hydrogens is 326 g/mol. The largest absolute Gasteiger partial charge is 0.385 e. The maximum absolute atomic E-state index is 6.02. The summed E-state index contributed by atoms with van der Waals surface area (Å²) in [5, 5.41) is 4.38. The number of nitrogens with one attached hydrogen (secondary N) is 1. The molecule has 1 aromatic carbocycles. The molecule has 0 aromatic heterocycles. The van der Waals surface area contributed by atoms with Gasteiger partial charge in [0.1, 0.15) is 0 Å². The van der Waals surface area contributed by atoms with E-state index in [1.54, 1.807) is 7.11 Å². The van der Waals surface area contributed by atoms with E-state index in [0.717, 1.165) is 35.5 Å². The molecule has 1 aromatic rings. The molecule has 2 atom stereocenters. The van der Waals surface area contributed by atoms with Gasteiger partial charge < -0.3 is 10.1 Å². The average molecular weight is 349 g/mol. The third-order valence-electron chi connectivity index (χ3n) is 3.26. The standard InChI is InChI=1S/C15H23BrClNO/c1-4-8-18-15(11(2)7-9-19-3)13-6-5-12(17)10-14(13)16/h5-6,10-11,15,18H,4,7-9H2,1-3H3. The maximum atomic E-state index is 6.02. The summed E-state index contributed by atoms with van der Waals surface area (Å²) >= 11 is 9.64. The molecule has 0 aliphatic rings. The predicted octanol–water partition coefficient (Wildman–Crippen LogP) is 4.82. The Kier molecular flexibility index (Phi) is 8.00. The van der Waals surface area contributed by atoms with Crippen molar-refractivity contribution < 1.29 is 4.74 Å². The average Bonchev–Trinajstić information content (AvgIpc) is 2.38. The first kappa shape index (κ1) is 17.0. The van der Waals surface area contributed by atoms with Crippen LogP contribution in [-0.2, 0) is 4.74 Å². The lowest BCUT2D eigenvalue weighted by atomic mass is 9.92. The number of ether oxygens (including phenoxy) is 1. The van der Waals surface area contributed by atoms with Gasteiger partial charge in [0.2, 0.25) is 0 Å². The summed E-state index contributed by atoms with van der Waals surface area (Å²) in [6, 6.07) is 6.33. The van der Waals surface area contributed by atoms with E-state index in [2.05, 4.69) is 41.2 Å². The third kappa shape index (κ3) is 5.42. The molecule has 1 N–H and O–H groups in total. The smallest absolute Gasteiger partial charge is 0.0465 e. The van der Waals surface area contributed by atoms with Crippen molar-refractivity contribution in [3.05, 3.63) is 33.3 Å². The first-order valence-electron chi connectivity index (χ1n) is 6.77. The van der Waals surface area contributed by atoms with Crippen molar-refractivity contribution in [3.63, 3.8) is 0 Å². The van der Waals surface area contributed by atoms with Gasteiger partial charge in [0.25, 0.3) is 0 Å². The molecule has 0 aliphatic heterocycles. The van der Waals surface area contributed by atoms with Crippen molar-refractivity contribution in [3.8, 4) is 0 Å². The zero-order chi connectivity index (χ0) is 14.3. The lowest BCUT2D eigenvalue weighted by molar-refractivity contribution is 0.170. The summed E-state index contributed by atoms with van der Waals surface area (Å²) in [5.41, 5.74) is 1.27. The molecule has 19 heavy (non-hydrogen) atoms. The van der Waals surface area contributed by atoms with Gasteiger partial charge in [0, 0.05) is 29.3 Å². The number of methoxy groups -OCH3 is 1. The molecule has 0 aliphatic carbocycles. The van der Waals surface area contributed by atoms with E-state index in [-0.39, 0.29) is 0 Å². The van der Waals surface area contributed by atoms with Crippen molar-refractivity contribution in [2.75, 3.05) is 20.3 Å². The van der Waals surface area contributed by atoms with Gasteiger partial charge in [-0.1, -0.05) is 47.4 Å². The Morgan fingerprint density at radius 1 is 1.42 bits per heavy atom. The molecule has 4 heteroatoms. The molecule has 0 spiro atoms. The number of halogens is 2. The Morgan fingerprint density at radius 3 is 2.74 bits per heavy atom. The normalized spacial score (nSPS) is 14.4. The SMILES string of the molecule is CCCNC(c1ccc(Cl)cc1Br)C(C)CCOC. The van der Waals surface area contributed by atoms with Crippen molar-refractivity contribution in [1.82, 2.24) is 5.32 Å². The summed E-state index contributed by atoms with van der Waals surface area (Å²) in [6.45, 7) is 6.24. The maximum Gasteiger partial charge on any atom is 0.0465 e. The van der Waals surface area contributed by atoms with Gasteiger partial charge >= 0.3 is 0 Å². The van der Waals surface area contributed by atoms with Crippen molar-refractivity contribution in [2.45, 2.75) is 32.7 Å². The van der Waals surface area contributed by atoms with Crippen LogP contribution in [0.2, 0.25) is 5.02 Å². The van der Waals surface area contributed by atoms with Crippen LogP contribution in [0, 0.1) is 5.92 Å². The zero-order valence-electron chi connectivity index (χ0n) is 11.9. The van der Waals surface area contributed by atoms with E-state index in [9.17, 15) is 0 Å². The molecule has 0 radical (unpaired) electrons. The van der Waals surface area contributed by atoms with E-state index < -0.39 is 0 Å². The lowest BCUT2D eigenvalue weighted by Crippen LogP contribution is -2.28. The second kappa shape index (κ2) is 8.96. The summed E-state index contributed by atoms with van der Waals surface area (Å²) in [6.07, 6.45) is 2.16. The molecule has 0 fully saturated rings. The molecule has 0 saturated heterocycles. The highest BCUT2D eigenvalue weighted by Gasteiger charge is 2.20. The highest BCUT2D eigenvalue weighted by atomic mass is 79.9. The van der Waals surface area contributed by atoms with Crippen LogP contribution in [0.25, 0.3) is 0 Å². The topological polar surface area (TPSA) is 21.3 Å². The van der Waals surface area contributed by atoms with E-state index in [1.807, 2.05) is 12.1 Å². The second-order valence-electron chi connectivity index (χ2n) is 4.86. The molecule has 0 bridgehead atoms. The monoisotopic (exact) mass is 347 g/mol. The minimum Gasteiger partial charge on any atom is -0.385 e. The fraction of sp³-hybridized carbons (Fsp3) is 0.600. The van der Waals surface area contributed by atoms with Gasteiger partial charge in [0.05, 0.1) is 0 Å². The molecule has 0 heterocycles. The third-order valence-corrected chi connectivity index (χ3v) is 4.18. The quantitative estimate of drug-likeness (QED) is 0.727. The van der Waals surface area contributed by atoms with E-state index in [1.165, 1.54) is 5.56 Å². The molecule has 2 nitrogen and oxygen atoms in total. The zero-order valence-corrected chi connectivity index (χ0v) is 14.2. The van der Waals surface area contributed by atoms with Gasteiger partial charge in [-0.05, 0) is 43.0 Å². The predicted molar refractivity (Wildman–Crippen MR) is 85.8 cm³/mol. The Hall–Kier alpha value is -0.0900. The van der Waals surface area contributed by atoms with Crippen molar-refractivity contribution in [2.24, 2.45) is 5.92 Å². The molecule has 108 valence electrons. The fourth-order valence-electron chi connectivity index (χ4n) is 2.14. The Bertz CT molecular complexity index is 386. The van der Waals surface area contributed by atoms with Gasteiger partial charge in [-0.15, -0.1) is 0 Å². The molecule has 1 rings (SSSR count). The highest BCUT2D eigenvalue weighted by Crippen LogP contribution is 2.32. The van der Waals surface area contributed by atoms with E-state index in [0.29, 0.717) is 12.0 Å². The minimum atomic E-state index is 0.321. The Labute approximate surface area is 130 Å². The van der Waals surface area contributed by atoms with Crippen LogP contribution in [-0.4, -0.2) is 20.3 Å². The lowest BCUT2D eigenvalue weighted by Gasteiger charge is -2.26. The van der Waals surface area contributed by atoms with Crippen molar-refractivity contribution in [1.29, 1.82) is 0 Å². The van der Waals surface area contributed by atoms with Crippen LogP contribution in [0.5, 0.6) is 0 Å². The first-order chi connectivity index (χ1) is 9.10. The van der Waals surface area contributed by atoms with Crippen LogP contribution in [0.15, 0.2) is 22.7 Å². The van der Waals surface area contributed by atoms with Crippen LogP contribution in [0.4, 0.5) is 0 Å². The Balaban J connectivity index is 2.88. The van der Waals surface area contributed by atoms with E-state index >= 15 is 0 Å². The van der Waals surface area contributed by atoms with Crippen LogP contribution >= 0.6 is 27.5 Å². The summed E-state index contributed by atoms with van der Waals surface area (Å²) in [7, 11) is 1.75. The first-order valence-corrected chi connectivity index (χ1v) is 7.94. The molecular formula is C15H23BrClNO. The second-order valence-corrected chi connectivity index (χ2v) is 6.15. The summed E-state index contributed by atoms with van der Waals surface area (Å²) in [4.78, 5) is 0. The van der Waals surface area contributed by atoms with Gasteiger partial charge in [-0.2, -0.15) is 0 Å². The molecule has 2 unspecified atom stereocenters. The summed E-state index contributed by atoms with van der Waals surface area (Å²) < 4.78 is 6.26. The number of rotatable bonds is 8. The number of benzene rings is 1. The summed E-state index contributed by atoms with van der Waals surface area (Å²) in [5.74, 6) is 0.504. The van der Waals surface area contributed by atoms with Gasteiger partial charge in [-0.3, -0.25) is 0 Å². The van der Waals surface area contributed by atoms with Gasteiger partial charge in [0.15, 0.2) is 0 Å². The van der Waals surface area contributed by atoms with Crippen LogP contribution in [0.1, 0.15) is 38.3 Å². The fourth-order valence-corrected chi connectivity index (χ4v) is 3.07. The van der Waals surface area contributed by atoms with E-state index in [4.69, 9.17) is 16.3 Å². The van der Waals surface area contributed by atoms with Crippen LogP contribution < -0.4 is 5.32 Å². The highest BCUT2D eigenvalue weighted by molar-refractivity contribution is 9.10. The van der Waals surface area contributed by atoms with Crippen molar-refractivity contribution >= 4 is 27.5 Å². The number of hydrogen-bond acceptors (Lipinski definition) is 2. The Morgan fingerprint density at radius 2 is 2.16 bits per heavy atom. The molecule has 0 amide bonds. The number of hydrogen-bond donors (Lipinski definition) is 1.